The van der Waals surface area contributed by atoms with E-state index in [2.05, 4.69) is 42.7 Å². The van der Waals surface area contributed by atoms with E-state index in [0.717, 1.165) is 50.1 Å². The Labute approximate surface area is 198 Å². The first-order valence-corrected chi connectivity index (χ1v) is 12.1. The van der Waals surface area contributed by atoms with E-state index < -0.39 is 0 Å². The summed E-state index contributed by atoms with van der Waals surface area (Å²) in [5.41, 5.74) is 4.32. The molecule has 2 aromatic carbocycles. The van der Waals surface area contributed by atoms with Crippen molar-refractivity contribution in [3.05, 3.63) is 53.1 Å². The number of fused-ring (bicyclic) bond motifs is 1. The zero-order valence-electron chi connectivity index (χ0n) is 20.6. The molecule has 0 aliphatic carbocycles. The number of carbonyl (C=O) groups excluding carboxylic acids is 1. The van der Waals surface area contributed by atoms with Crippen LogP contribution in [0.25, 0.3) is 0 Å². The van der Waals surface area contributed by atoms with Gasteiger partial charge in [0.05, 0.1) is 20.3 Å². The van der Waals surface area contributed by atoms with Crippen LogP contribution >= 0.6 is 0 Å². The van der Waals surface area contributed by atoms with Crippen LogP contribution in [0.2, 0.25) is 0 Å². The van der Waals surface area contributed by atoms with Crippen LogP contribution in [-0.4, -0.2) is 62.1 Å². The van der Waals surface area contributed by atoms with E-state index >= 15 is 0 Å². The second-order valence-corrected chi connectivity index (χ2v) is 9.27. The Morgan fingerprint density at radius 3 is 2.33 bits per heavy atom. The maximum Gasteiger partial charge on any atom is 0.255 e. The number of nitrogens with zero attached hydrogens (tertiary/aromatic N) is 3. The van der Waals surface area contributed by atoms with Gasteiger partial charge in [-0.25, -0.2) is 0 Å². The average molecular weight is 452 g/mol. The lowest BCUT2D eigenvalue weighted by Crippen LogP contribution is -2.49. The molecule has 2 aliphatic heterocycles. The highest BCUT2D eigenvalue weighted by molar-refractivity contribution is 6.00. The summed E-state index contributed by atoms with van der Waals surface area (Å²) in [5, 5.41) is 0. The number of anilines is 1. The molecule has 0 unspecified atom stereocenters. The molecule has 0 aromatic heterocycles. The van der Waals surface area contributed by atoms with Gasteiger partial charge in [0.15, 0.2) is 11.5 Å². The number of methoxy groups -OCH3 is 2. The standard InChI is InChI=1S/C27H37N3O3/c1-6-8-23(20-11-12-25(32-4)26(17-20)33-5)30-18-22-21(27(30)31)9-7-10-24(22)29-15-13-28(14-16-29)19(2)3/h7,9-12,17,19,23H,6,8,13-16,18H2,1-5H3/t23-/m1/s1. The molecule has 0 saturated carbocycles. The molecule has 0 bridgehead atoms. The summed E-state index contributed by atoms with van der Waals surface area (Å²) >= 11 is 0. The molecule has 33 heavy (non-hydrogen) atoms. The summed E-state index contributed by atoms with van der Waals surface area (Å²) in [4.78, 5) is 20.6. The predicted molar refractivity (Wildman–Crippen MR) is 132 cm³/mol. The van der Waals surface area contributed by atoms with E-state index in [1.165, 1.54) is 11.3 Å². The van der Waals surface area contributed by atoms with Crippen LogP contribution in [0.5, 0.6) is 11.5 Å². The number of amides is 1. The van der Waals surface area contributed by atoms with Crippen molar-refractivity contribution >= 4 is 11.6 Å². The topological polar surface area (TPSA) is 45.3 Å². The van der Waals surface area contributed by atoms with Gasteiger partial charge in [-0.3, -0.25) is 9.69 Å². The van der Waals surface area contributed by atoms with Gasteiger partial charge >= 0.3 is 0 Å². The van der Waals surface area contributed by atoms with Crippen LogP contribution in [0.15, 0.2) is 36.4 Å². The van der Waals surface area contributed by atoms with E-state index in [0.29, 0.717) is 24.1 Å². The minimum atomic E-state index is 0.000319. The summed E-state index contributed by atoms with van der Waals surface area (Å²) in [6.07, 6.45) is 1.89. The Kier molecular flexibility index (Phi) is 7.13. The van der Waals surface area contributed by atoms with Crippen molar-refractivity contribution in [2.75, 3.05) is 45.3 Å². The fourth-order valence-corrected chi connectivity index (χ4v) is 5.20. The number of carbonyl (C=O) groups is 1. The highest BCUT2D eigenvalue weighted by Gasteiger charge is 2.36. The van der Waals surface area contributed by atoms with E-state index in [-0.39, 0.29) is 11.9 Å². The third-order valence-corrected chi connectivity index (χ3v) is 7.09. The van der Waals surface area contributed by atoms with E-state index in [1.54, 1.807) is 14.2 Å². The van der Waals surface area contributed by atoms with E-state index in [1.807, 2.05) is 29.2 Å². The Balaban J connectivity index is 1.61. The normalized spacial score (nSPS) is 17.5. The van der Waals surface area contributed by atoms with E-state index in [4.69, 9.17) is 9.47 Å². The molecular formula is C27H37N3O3. The summed E-state index contributed by atoms with van der Waals surface area (Å²) in [5.74, 6) is 1.53. The molecule has 4 rings (SSSR count). The smallest absolute Gasteiger partial charge is 0.255 e. The zero-order chi connectivity index (χ0) is 23.5. The molecule has 6 nitrogen and oxygen atoms in total. The van der Waals surface area contributed by atoms with Crippen LogP contribution in [0, 0.1) is 0 Å². The molecule has 2 heterocycles. The second-order valence-electron chi connectivity index (χ2n) is 9.27. The van der Waals surface area contributed by atoms with Gasteiger partial charge in [-0.2, -0.15) is 0 Å². The zero-order valence-corrected chi connectivity index (χ0v) is 20.6. The molecule has 178 valence electrons. The summed E-state index contributed by atoms with van der Waals surface area (Å²) in [6.45, 7) is 11.4. The Morgan fingerprint density at radius 2 is 1.70 bits per heavy atom. The summed E-state index contributed by atoms with van der Waals surface area (Å²) in [6, 6.07) is 12.8. The van der Waals surface area contributed by atoms with Gasteiger partial charge < -0.3 is 19.3 Å². The van der Waals surface area contributed by atoms with Gasteiger partial charge in [-0.1, -0.05) is 25.5 Å². The predicted octanol–water partition coefficient (Wildman–Crippen LogP) is 4.73. The number of rotatable bonds is 8. The average Bonchev–Trinajstić information content (AvgIpc) is 3.18. The van der Waals surface area contributed by atoms with Crippen molar-refractivity contribution in [1.82, 2.24) is 9.80 Å². The van der Waals surface area contributed by atoms with Crippen molar-refractivity contribution in [2.45, 2.75) is 52.2 Å². The van der Waals surface area contributed by atoms with Crippen molar-refractivity contribution in [2.24, 2.45) is 0 Å². The van der Waals surface area contributed by atoms with Crippen LogP contribution in [-0.2, 0) is 6.54 Å². The Hall–Kier alpha value is -2.73. The first kappa shape index (κ1) is 23.4. The van der Waals surface area contributed by atoms with Gasteiger partial charge in [0.2, 0.25) is 0 Å². The van der Waals surface area contributed by atoms with Gasteiger partial charge in [-0.15, -0.1) is 0 Å². The number of piperazine rings is 1. The third kappa shape index (κ3) is 4.54. The third-order valence-electron chi connectivity index (χ3n) is 7.09. The summed E-state index contributed by atoms with van der Waals surface area (Å²) in [7, 11) is 3.29. The van der Waals surface area contributed by atoms with Gasteiger partial charge in [0, 0.05) is 55.6 Å². The monoisotopic (exact) mass is 451 g/mol. The van der Waals surface area contributed by atoms with Crippen LogP contribution in [0.3, 0.4) is 0 Å². The number of benzene rings is 2. The lowest BCUT2D eigenvalue weighted by Gasteiger charge is -2.38. The van der Waals surface area contributed by atoms with Crippen molar-refractivity contribution in [3.63, 3.8) is 0 Å². The second kappa shape index (κ2) is 10.0. The molecule has 6 heteroatoms. The first-order chi connectivity index (χ1) is 16.0. The Bertz CT molecular complexity index is 983. The number of hydrogen-bond donors (Lipinski definition) is 0. The lowest BCUT2D eigenvalue weighted by atomic mass is 10.00. The molecule has 0 N–H and O–H groups in total. The fourth-order valence-electron chi connectivity index (χ4n) is 5.20. The maximum absolute atomic E-state index is 13.6. The number of hydrogen-bond acceptors (Lipinski definition) is 5. The largest absolute Gasteiger partial charge is 0.493 e. The van der Waals surface area contributed by atoms with E-state index in [9.17, 15) is 4.79 Å². The molecule has 1 saturated heterocycles. The van der Waals surface area contributed by atoms with Crippen LogP contribution in [0.4, 0.5) is 5.69 Å². The highest BCUT2D eigenvalue weighted by Crippen LogP contribution is 2.40. The first-order valence-electron chi connectivity index (χ1n) is 12.1. The molecule has 0 radical (unpaired) electrons. The molecule has 2 aliphatic rings. The quantitative estimate of drug-likeness (QED) is 0.581. The minimum Gasteiger partial charge on any atom is -0.493 e. The minimum absolute atomic E-state index is 0.000319. The molecule has 1 fully saturated rings. The lowest BCUT2D eigenvalue weighted by molar-refractivity contribution is 0.0690. The van der Waals surface area contributed by atoms with Crippen LogP contribution < -0.4 is 14.4 Å². The maximum atomic E-state index is 13.6. The molecule has 0 spiro atoms. The molecule has 2 aromatic rings. The van der Waals surface area contributed by atoms with Crippen molar-refractivity contribution in [3.8, 4) is 11.5 Å². The summed E-state index contributed by atoms with van der Waals surface area (Å²) < 4.78 is 11.0. The molecule has 1 atom stereocenters. The number of ether oxygens (including phenoxy) is 2. The van der Waals surface area contributed by atoms with Crippen molar-refractivity contribution in [1.29, 1.82) is 0 Å². The SMILES string of the molecule is CCC[C@H](c1ccc(OC)c(OC)c1)N1Cc2c(cccc2N2CCN(C(C)C)CC2)C1=O. The van der Waals surface area contributed by atoms with Crippen molar-refractivity contribution < 1.29 is 14.3 Å². The van der Waals surface area contributed by atoms with Gasteiger partial charge in [-0.05, 0) is 50.1 Å². The Morgan fingerprint density at radius 1 is 0.970 bits per heavy atom. The highest BCUT2D eigenvalue weighted by atomic mass is 16.5. The van der Waals surface area contributed by atoms with Crippen LogP contribution in [0.1, 0.15) is 61.1 Å². The molecule has 1 amide bonds. The van der Waals surface area contributed by atoms with Gasteiger partial charge in [0.1, 0.15) is 0 Å². The molecular weight excluding hydrogens is 414 g/mol. The fraction of sp³-hybridized carbons (Fsp3) is 0.519. The van der Waals surface area contributed by atoms with Gasteiger partial charge in [0.25, 0.3) is 5.91 Å².